The van der Waals surface area contributed by atoms with Crippen LogP contribution >= 0.6 is 0 Å². The van der Waals surface area contributed by atoms with Crippen LogP contribution in [-0.2, 0) is 0 Å². The summed E-state index contributed by atoms with van der Waals surface area (Å²) in [6.07, 6.45) is 5.14. The maximum atomic E-state index is 3.69. The van der Waals surface area contributed by atoms with E-state index in [9.17, 15) is 0 Å². The highest BCUT2D eigenvalue weighted by molar-refractivity contribution is 6.33. The van der Waals surface area contributed by atoms with Crippen LogP contribution in [0.2, 0.25) is 0 Å². The molecule has 0 heterocycles. The van der Waals surface area contributed by atoms with Crippen LogP contribution in [-0.4, -0.2) is 10.2 Å². The largest absolute Gasteiger partial charge is 0.0715 e. The van der Waals surface area contributed by atoms with Gasteiger partial charge in [-0.05, 0) is 24.3 Å². The Balaban J connectivity index is 2.81. The van der Waals surface area contributed by atoms with Crippen LogP contribution < -0.4 is 5.19 Å². The van der Waals surface area contributed by atoms with Gasteiger partial charge < -0.3 is 0 Å². The molecular formula is C13H19Si. The van der Waals surface area contributed by atoms with Crippen LogP contribution in [0.1, 0.15) is 51.0 Å². The van der Waals surface area contributed by atoms with Crippen molar-refractivity contribution >= 4 is 15.4 Å². The Labute approximate surface area is 91.2 Å². The first-order valence-electron chi connectivity index (χ1n) is 5.60. The highest BCUT2D eigenvalue weighted by atomic mass is 28.1. The van der Waals surface area contributed by atoms with Gasteiger partial charge in [0, 0.05) is 0 Å². The van der Waals surface area contributed by atoms with Crippen LogP contribution in [0.15, 0.2) is 24.3 Å². The first-order chi connectivity index (χ1) is 6.79. The van der Waals surface area contributed by atoms with Crippen molar-refractivity contribution in [2.45, 2.75) is 45.4 Å². The van der Waals surface area contributed by atoms with E-state index in [1.807, 2.05) is 0 Å². The van der Waals surface area contributed by atoms with E-state index in [2.05, 4.69) is 48.4 Å². The molecule has 1 heteroatoms. The average Bonchev–Trinajstić information content (AvgIpc) is 2.18. The molecule has 0 amide bonds. The summed E-state index contributed by atoms with van der Waals surface area (Å²) < 4.78 is 0. The monoisotopic (exact) mass is 203 g/mol. The van der Waals surface area contributed by atoms with Crippen LogP contribution in [0, 0.1) is 0 Å². The van der Waals surface area contributed by atoms with Gasteiger partial charge in [0.05, 0.1) is 10.2 Å². The second-order valence-electron chi connectivity index (χ2n) is 3.86. The Morgan fingerprint density at radius 2 is 1.64 bits per heavy atom. The minimum atomic E-state index is 0.735. The molecule has 0 atom stereocenters. The van der Waals surface area contributed by atoms with Gasteiger partial charge in [0.2, 0.25) is 0 Å². The zero-order chi connectivity index (χ0) is 10.4. The molecule has 0 unspecified atom stereocenters. The lowest BCUT2D eigenvalue weighted by Gasteiger charge is -2.17. The summed E-state index contributed by atoms with van der Waals surface area (Å²) >= 11 is 0. The van der Waals surface area contributed by atoms with Crippen molar-refractivity contribution in [3.63, 3.8) is 0 Å². The Kier molecular flexibility index (Phi) is 4.95. The van der Waals surface area contributed by atoms with E-state index < -0.39 is 0 Å². The van der Waals surface area contributed by atoms with E-state index in [0.29, 0.717) is 0 Å². The summed E-state index contributed by atoms with van der Waals surface area (Å²) in [6.45, 7) is 4.53. The SMILES string of the molecule is CCCC(CCC)c1ccccc1[Si]. The predicted octanol–water partition coefficient (Wildman–Crippen LogP) is 3.16. The molecule has 0 nitrogen and oxygen atoms in total. The van der Waals surface area contributed by atoms with Gasteiger partial charge in [-0.15, -0.1) is 0 Å². The molecule has 0 aliphatic rings. The van der Waals surface area contributed by atoms with Gasteiger partial charge in [0.1, 0.15) is 0 Å². The van der Waals surface area contributed by atoms with Crippen molar-refractivity contribution in [3.05, 3.63) is 29.8 Å². The van der Waals surface area contributed by atoms with Gasteiger partial charge in [-0.2, -0.15) is 0 Å². The molecule has 0 fully saturated rings. The summed E-state index contributed by atoms with van der Waals surface area (Å²) in [5, 5.41) is 1.26. The van der Waals surface area contributed by atoms with Gasteiger partial charge in [-0.25, -0.2) is 0 Å². The average molecular weight is 203 g/mol. The molecule has 0 bridgehead atoms. The van der Waals surface area contributed by atoms with Crippen molar-refractivity contribution in [3.8, 4) is 0 Å². The Morgan fingerprint density at radius 3 is 2.14 bits per heavy atom. The van der Waals surface area contributed by atoms with Gasteiger partial charge in [0.15, 0.2) is 0 Å². The molecule has 14 heavy (non-hydrogen) atoms. The third-order valence-electron chi connectivity index (χ3n) is 2.67. The highest BCUT2D eigenvalue weighted by Crippen LogP contribution is 2.24. The van der Waals surface area contributed by atoms with E-state index in [1.54, 1.807) is 0 Å². The number of hydrogen-bond donors (Lipinski definition) is 0. The molecule has 1 aromatic rings. The lowest BCUT2D eigenvalue weighted by Crippen LogP contribution is -2.14. The third kappa shape index (κ3) is 2.98. The van der Waals surface area contributed by atoms with Crippen LogP contribution in [0.5, 0.6) is 0 Å². The molecule has 75 valence electrons. The fourth-order valence-corrected chi connectivity index (χ4v) is 2.39. The third-order valence-corrected chi connectivity index (χ3v) is 3.13. The van der Waals surface area contributed by atoms with Crippen molar-refractivity contribution in [2.75, 3.05) is 0 Å². The minimum absolute atomic E-state index is 0.735. The molecule has 0 saturated carbocycles. The second kappa shape index (κ2) is 6.02. The quantitative estimate of drug-likeness (QED) is 0.645. The van der Waals surface area contributed by atoms with Gasteiger partial charge >= 0.3 is 0 Å². The van der Waals surface area contributed by atoms with Gasteiger partial charge in [0.25, 0.3) is 0 Å². The smallest absolute Gasteiger partial charge is 0.0654 e. The summed E-state index contributed by atoms with van der Waals surface area (Å²) in [5.74, 6) is 0.735. The van der Waals surface area contributed by atoms with Crippen LogP contribution in [0.3, 0.4) is 0 Å². The first kappa shape index (κ1) is 11.5. The summed E-state index contributed by atoms with van der Waals surface area (Å²) in [5.41, 5.74) is 1.48. The number of benzene rings is 1. The number of hydrogen-bond acceptors (Lipinski definition) is 0. The molecule has 1 rings (SSSR count). The van der Waals surface area contributed by atoms with Crippen LogP contribution in [0.25, 0.3) is 0 Å². The van der Waals surface area contributed by atoms with Crippen molar-refractivity contribution in [2.24, 2.45) is 0 Å². The summed E-state index contributed by atoms with van der Waals surface area (Å²) in [4.78, 5) is 0. The molecule has 0 aromatic heterocycles. The summed E-state index contributed by atoms with van der Waals surface area (Å²) in [7, 11) is 3.69. The molecule has 0 saturated heterocycles. The zero-order valence-electron chi connectivity index (χ0n) is 9.22. The molecule has 0 aliphatic carbocycles. The molecule has 0 spiro atoms. The molecule has 0 aliphatic heterocycles. The lowest BCUT2D eigenvalue weighted by molar-refractivity contribution is 0.563. The van der Waals surface area contributed by atoms with E-state index in [-0.39, 0.29) is 0 Å². The second-order valence-corrected chi connectivity index (χ2v) is 4.40. The Hall–Kier alpha value is -0.563. The maximum absolute atomic E-state index is 3.69. The van der Waals surface area contributed by atoms with Gasteiger partial charge in [-0.3, -0.25) is 0 Å². The fraction of sp³-hybridized carbons (Fsp3) is 0.538. The Bertz CT molecular complexity index is 262. The summed E-state index contributed by atoms with van der Waals surface area (Å²) in [6, 6.07) is 8.61. The Morgan fingerprint density at radius 1 is 1.07 bits per heavy atom. The van der Waals surface area contributed by atoms with Crippen LogP contribution in [0.4, 0.5) is 0 Å². The number of rotatable bonds is 5. The predicted molar refractivity (Wildman–Crippen MR) is 64.4 cm³/mol. The van der Waals surface area contributed by atoms with Crippen molar-refractivity contribution in [1.82, 2.24) is 0 Å². The van der Waals surface area contributed by atoms with Gasteiger partial charge in [-0.1, -0.05) is 56.1 Å². The van der Waals surface area contributed by atoms with E-state index >= 15 is 0 Å². The molecule has 0 N–H and O–H groups in total. The normalized spacial score (nSPS) is 10.9. The topological polar surface area (TPSA) is 0 Å². The highest BCUT2D eigenvalue weighted by Gasteiger charge is 2.10. The molecule has 3 radical (unpaired) electrons. The standard InChI is InChI=1S/C13H19Si/c1-3-7-11(8-4-2)12-9-5-6-10-13(12)14/h5-6,9-11H,3-4,7-8H2,1-2H3. The van der Waals surface area contributed by atoms with Crippen molar-refractivity contribution < 1.29 is 0 Å². The first-order valence-corrected chi connectivity index (χ1v) is 6.10. The lowest BCUT2D eigenvalue weighted by atomic mass is 9.90. The van der Waals surface area contributed by atoms with E-state index in [0.717, 1.165) is 5.92 Å². The molecule has 1 aromatic carbocycles. The van der Waals surface area contributed by atoms with Crippen molar-refractivity contribution in [1.29, 1.82) is 0 Å². The zero-order valence-corrected chi connectivity index (χ0v) is 10.2. The van der Waals surface area contributed by atoms with E-state index in [4.69, 9.17) is 0 Å². The molecular weight excluding hydrogens is 184 g/mol. The maximum Gasteiger partial charge on any atom is 0.0715 e. The fourth-order valence-electron chi connectivity index (χ4n) is 2.01. The van der Waals surface area contributed by atoms with E-state index in [1.165, 1.54) is 36.4 Å². The minimum Gasteiger partial charge on any atom is -0.0654 e.